The molecule has 1 aliphatic rings. The zero-order valence-electron chi connectivity index (χ0n) is 12.1. The average molecular weight is 276 g/mol. The molecule has 1 fully saturated rings. The van der Waals surface area contributed by atoms with Gasteiger partial charge in [-0.3, -0.25) is 4.79 Å². The van der Waals surface area contributed by atoms with Crippen molar-refractivity contribution in [1.82, 2.24) is 0 Å². The van der Waals surface area contributed by atoms with E-state index < -0.39 is 5.79 Å². The Labute approximate surface area is 114 Å². The van der Waals surface area contributed by atoms with Crippen LogP contribution in [0, 0.1) is 0 Å². The number of methoxy groups -OCH3 is 2. The van der Waals surface area contributed by atoms with Crippen molar-refractivity contribution in [1.29, 1.82) is 0 Å². The topological polar surface area (TPSA) is 63.2 Å². The zero-order chi connectivity index (χ0) is 14.3. The molecule has 0 aromatic heterocycles. The predicted octanol–water partition coefficient (Wildman–Crippen LogP) is 1.47. The molecule has 1 aliphatic heterocycles. The number of carbonyl (C=O) groups is 1. The molecule has 0 saturated carbocycles. The maximum absolute atomic E-state index is 11.1. The summed E-state index contributed by atoms with van der Waals surface area (Å²) < 4.78 is 26.4. The molecule has 0 radical (unpaired) electrons. The molecule has 0 spiro atoms. The monoisotopic (exact) mass is 276 g/mol. The van der Waals surface area contributed by atoms with Gasteiger partial charge >= 0.3 is 5.97 Å². The van der Waals surface area contributed by atoms with Crippen LogP contribution in [0.3, 0.4) is 0 Å². The molecule has 2 atom stereocenters. The molecule has 0 aromatic carbocycles. The first-order valence-electron chi connectivity index (χ1n) is 6.47. The van der Waals surface area contributed by atoms with E-state index in [1.54, 1.807) is 7.11 Å². The lowest BCUT2D eigenvalue weighted by atomic mass is 10.1. The summed E-state index contributed by atoms with van der Waals surface area (Å²) in [6.07, 6.45) is 1.47. The second kappa shape index (κ2) is 7.79. The van der Waals surface area contributed by atoms with E-state index in [1.807, 2.05) is 13.8 Å². The summed E-state index contributed by atoms with van der Waals surface area (Å²) >= 11 is 0. The van der Waals surface area contributed by atoms with Gasteiger partial charge in [0.2, 0.25) is 0 Å². The quantitative estimate of drug-likeness (QED) is 0.494. The van der Waals surface area contributed by atoms with Gasteiger partial charge in [0.05, 0.1) is 19.8 Å². The second-order valence-electron chi connectivity index (χ2n) is 4.95. The van der Waals surface area contributed by atoms with Gasteiger partial charge in [-0.1, -0.05) is 0 Å². The summed E-state index contributed by atoms with van der Waals surface area (Å²) in [4.78, 5) is 11.1. The van der Waals surface area contributed by atoms with Crippen LogP contribution in [0.4, 0.5) is 0 Å². The maximum atomic E-state index is 11.1. The number of hydrogen-bond donors (Lipinski definition) is 0. The number of carbonyl (C=O) groups excluding carboxylic acids is 1. The average Bonchev–Trinajstić information content (AvgIpc) is 2.73. The molecule has 1 rings (SSSR count). The Balaban J connectivity index is 2.41. The van der Waals surface area contributed by atoms with E-state index in [-0.39, 0.29) is 25.0 Å². The molecule has 0 aromatic rings. The fourth-order valence-electron chi connectivity index (χ4n) is 1.98. The lowest BCUT2D eigenvalue weighted by Crippen LogP contribution is -2.33. The molecule has 0 unspecified atom stereocenters. The predicted molar refractivity (Wildman–Crippen MR) is 67.5 cm³/mol. The van der Waals surface area contributed by atoms with Crippen LogP contribution in [0.25, 0.3) is 0 Å². The fraction of sp³-hybridized carbons (Fsp3) is 0.923. The number of esters is 1. The molecule has 6 heteroatoms. The highest BCUT2D eigenvalue weighted by atomic mass is 16.8. The van der Waals surface area contributed by atoms with Crippen molar-refractivity contribution in [3.63, 3.8) is 0 Å². The first kappa shape index (κ1) is 16.4. The number of ether oxygens (including phenoxy) is 5. The van der Waals surface area contributed by atoms with E-state index in [0.29, 0.717) is 25.9 Å². The Morgan fingerprint density at radius 3 is 2.68 bits per heavy atom. The van der Waals surface area contributed by atoms with Crippen LogP contribution in [-0.4, -0.2) is 51.6 Å². The SMILES string of the molecule is COCO[C@H](CCCC(=O)OC)[C@H]1COC(C)(C)O1. The van der Waals surface area contributed by atoms with Gasteiger partial charge in [0.1, 0.15) is 12.9 Å². The zero-order valence-corrected chi connectivity index (χ0v) is 12.1. The minimum atomic E-state index is -0.582. The fourth-order valence-corrected chi connectivity index (χ4v) is 1.98. The maximum Gasteiger partial charge on any atom is 0.305 e. The minimum Gasteiger partial charge on any atom is -0.469 e. The highest BCUT2D eigenvalue weighted by Gasteiger charge is 2.37. The van der Waals surface area contributed by atoms with Gasteiger partial charge in [-0.15, -0.1) is 0 Å². The number of hydrogen-bond acceptors (Lipinski definition) is 6. The number of rotatable bonds is 8. The molecule has 19 heavy (non-hydrogen) atoms. The van der Waals surface area contributed by atoms with E-state index in [4.69, 9.17) is 18.9 Å². The van der Waals surface area contributed by atoms with Gasteiger partial charge in [-0.25, -0.2) is 0 Å². The summed E-state index contributed by atoms with van der Waals surface area (Å²) in [5.74, 6) is -0.795. The van der Waals surface area contributed by atoms with Crippen LogP contribution >= 0.6 is 0 Å². The molecule has 112 valence electrons. The Bertz CT molecular complexity index is 278. The summed E-state index contributed by atoms with van der Waals surface area (Å²) in [7, 11) is 2.96. The standard InChI is InChI=1S/C13H24O6/c1-13(2)18-8-11(19-13)10(17-9-15-3)6-5-7-12(14)16-4/h10-11H,5-9H2,1-4H3/t10-,11-/m1/s1. The van der Waals surface area contributed by atoms with Gasteiger partial charge in [-0.2, -0.15) is 0 Å². The molecular formula is C13H24O6. The van der Waals surface area contributed by atoms with Crippen LogP contribution in [-0.2, 0) is 28.5 Å². The van der Waals surface area contributed by atoms with E-state index in [2.05, 4.69) is 4.74 Å². The molecule has 0 bridgehead atoms. The lowest BCUT2D eigenvalue weighted by Gasteiger charge is -2.24. The van der Waals surface area contributed by atoms with E-state index >= 15 is 0 Å². The van der Waals surface area contributed by atoms with Gasteiger partial charge in [0, 0.05) is 13.5 Å². The Morgan fingerprint density at radius 1 is 1.42 bits per heavy atom. The van der Waals surface area contributed by atoms with Crippen LogP contribution in [0.5, 0.6) is 0 Å². The van der Waals surface area contributed by atoms with Gasteiger partial charge in [0.15, 0.2) is 5.79 Å². The van der Waals surface area contributed by atoms with Crippen LogP contribution in [0.15, 0.2) is 0 Å². The van der Waals surface area contributed by atoms with Crippen molar-refractivity contribution < 1.29 is 28.5 Å². The van der Waals surface area contributed by atoms with Crippen LogP contribution < -0.4 is 0 Å². The first-order chi connectivity index (χ1) is 8.98. The smallest absolute Gasteiger partial charge is 0.305 e. The lowest BCUT2D eigenvalue weighted by molar-refractivity contribution is -0.170. The van der Waals surface area contributed by atoms with Gasteiger partial charge in [0.25, 0.3) is 0 Å². The van der Waals surface area contributed by atoms with Crippen LogP contribution in [0.1, 0.15) is 33.1 Å². The third-order valence-corrected chi connectivity index (χ3v) is 2.94. The van der Waals surface area contributed by atoms with Crippen molar-refractivity contribution in [3.05, 3.63) is 0 Å². The van der Waals surface area contributed by atoms with E-state index in [1.165, 1.54) is 7.11 Å². The van der Waals surface area contributed by atoms with E-state index in [9.17, 15) is 4.79 Å². The molecule has 6 nitrogen and oxygen atoms in total. The summed E-state index contributed by atoms with van der Waals surface area (Å²) in [6.45, 7) is 4.42. The van der Waals surface area contributed by atoms with Crippen molar-refractivity contribution in [3.8, 4) is 0 Å². The Morgan fingerprint density at radius 2 is 2.16 bits per heavy atom. The minimum absolute atomic E-state index is 0.136. The van der Waals surface area contributed by atoms with Crippen molar-refractivity contribution >= 4 is 5.97 Å². The third-order valence-electron chi connectivity index (χ3n) is 2.94. The highest BCUT2D eigenvalue weighted by molar-refractivity contribution is 5.68. The summed E-state index contributed by atoms with van der Waals surface area (Å²) in [5, 5.41) is 0. The normalized spacial score (nSPS) is 23.3. The van der Waals surface area contributed by atoms with E-state index in [0.717, 1.165) is 0 Å². The summed E-state index contributed by atoms with van der Waals surface area (Å²) in [6, 6.07) is 0. The van der Waals surface area contributed by atoms with Gasteiger partial charge < -0.3 is 23.7 Å². The highest BCUT2D eigenvalue weighted by Crippen LogP contribution is 2.27. The summed E-state index contributed by atoms with van der Waals surface area (Å²) in [5.41, 5.74) is 0. The molecule has 0 amide bonds. The molecule has 1 saturated heterocycles. The van der Waals surface area contributed by atoms with Gasteiger partial charge in [-0.05, 0) is 26.7 Å². The van der Waals surface area contributed by atoms with Crippen molar-refractivity contribution in [2.75, 3.05) is 27.6 Å². The molecule has 0 N–H and O–H groups in total. The Hall–Kier alpha value is -0.690. The second-order valence-corrected chi connectivity index (χ2v) is 4.95. The largest absolute Gasteiger partial charge is 0.469 e. The first-order valence-corrected chi connectivity index (χ1v) is 6.47. The van der Waals surface area contributed by atoms with Crippen molar-refractivity contribution in [2.45, 2.75) is 51.1 Å². The molecule has 0 aliphatic carbocycles. The van der Waals surface area contributed by atoms with Crippen molar-refractivity contribution in [2.24, 2.45) is 0 Å². The Kier molecular flexibility index (Phi) is 6.71. The molecular weight excluding hydrogens is 252 g/mol. The third kappa shape index (κ3) is 5.86. The molecule has 1 heterocycles. The van der Waals surface area contributed by atoms with Crippen LogP contribution in [0.2, 0.25) is 0 Å².